The molecule has 0 aliphatic carbocycles. The number of pyridine rings is 1. The Morgan fingerprint density at radius 1 is 0.963 bits per heavy atom. The Labute approximate surface area is 160 Å². The van der Waals surface area contributed by atoms with Crippen LogP contribution in [-0.4, -0.2) is 17.4 Å². The van der Waals surface area contributed by atoms with Crippen LogP contribution in [0.3, 0.4) is 0 Å². The molecular formula is C23H25N3O. The van der Waals surface area contributed by atoms with Crippen molar-refractivity contribution in [3.63, 3.8) is 0 Å². The second-order valence-electron chi connectivity index (χ2n) is 6.85. The molecule has 2 N–H and O–H groups in total. The summed E-state index contributed by atoms with van der Waals surface area (Å²) in [7, 11) is 0. The quantitative estimate of drug-likeness (QED) is 0.657. The predicted octanol–water partition coefficient (Wildman–Crippen LogP) is 4.91. The lowest BCUT2D eigenvalue weighted by Crippen LogP contribution is -2.15. The summed E-state index contributed by atoms with van der Waals surface area (Å²) in [6.07, 6.45) is 4.25. The van der Waals surface area contributed by atoms with Crippen LogP contribution in [0, 0.1) is 20.8 Å². The summed E-state index contributed by atoms with van der Waals surface area (Å²) in [4.78, 5) is 16.9. The van der Waals surface area contributed by atoms with Crippen molar-refractivity contribution in [1.82, 2.24) is 4.98 Å². The van der Waals surface area contributed by atoms with E-state index in [1.54, 1.807) is 12.4 Å². The highest BCUT2D eigenvalue weighted by Gasteiger charge is 2.11. The Balaban J connectivity index is 1.65. The summed E-state index contributed by atoms with van der Waals surface area (Å²) >= 11 is 0. The van der Waals surface area contributed by atoms with Gasteiger partial charge < -0.3 is 10.6 Å². The molecule has 0 aliphatic rings. The largest absolute Gasteiger partial charge is 0.383 e. The smallest absolute Gasteiger partial charge is 0.257 e. The Bertz CT molecular complexity index is 912. The highest BCUT2D eigenvalue weighted by molar-refractivity contribution is 6.05. The fourth-order valence-electron chi connectivity index (χ4n) is 3.22. The maximum Gasteiger partial charge on any atom is 0.257 e. The number of nitrogens with one attached hydrogen (secondary N) is 2. The number of amides is 1. The van der Waals surface area contributed by atoms with Crippen LogP contribution in [0.4, 0.5) is 11.4 Å². The first kappa shape index (κ1) is 18.6. The first-order valence-electron chi connectivity index (χ1n) is 9.15. The van der Waals surface area contributed by atoms with Crippen molar-refractivity contribution >= 4 is 17.3 Å². The van der Waals surface area contributed by atoms with Crippen LogP contribution in [0.15, 0.2) is 60.9 Å². The molecule has 27 heavy (non-hydrogen) atoms. The lowest BCUT2D eigenvalue weighted by molar-refractivity contribution is 0.102. The van der Waals surface area contributed by atoms with Gasteiger partial charge in [0, 0.05) is 24.6 Å². The molecule has 1 heterocycles. The first-order chi connectivity index (χ1) is 13.0. The second-order valence-corrected chi connectivity index (χ2v) is 6.85. The number of aromatic nitrogens is 1. The van der Waals surface area contributed by atoms with Gasteiger partial charge in [-0.05, 0) is 49.9 Å². The van der Waals surface area contributed by atoms with Crippen molar-refractivity contribution in [2.24, 2.45) is 0 Å². The molecule has 0 bridgehead atoms. The number of rotatable bonds is 6. The number of benzene rings is 2. The van der Waals surface area contributed by atoms with Gasteiger partial charge in [-0.15, -0.1) is 0 Å². The van der Waals surface area contributed by atoms with E-state index in [-0.39, 0.29) is 5.91 Å². The lowest BCUT2D eigenvalue weighted by Gasteiger charge is -2.13. The molecule has 0 radical (unpaired) electrons. The van der Waals surface area contributed by atoms with Crippen molar-refractivity contribution in [1.29, 1.82) is 0 Å². The number of carbonyl (C=O) groups excluding carboxylic acids is 1. The highest BCUT2D eigenvalue weighted by atomic mass is 16.1. The molecule has 1 amide bonds. The summed E-state index contributed by atoms with van der Waals surface area (Å²) in [6.45, 7) is 6.86. The molecule has 3 aromatic rings. The number of nitrogens with zero attached hydrogens (tertiary/aromatic N) is 1. The van der Waals surface area contributed by atoms with Gasteiger partial charge in [0.1, 0.15) is 0 Å². The molecule has 0 fully saturated rings. The summed E-state index contributed by atoms with van der Waals surface area (Å²) < 4.78 is 0. The molecule has 0 spiro atoms. The maximum absolute atomic E-state index is 12.7. The van der Waals surface area contributed by atoms with Crippen LogP contribution in [0.1, 0.15) is 32.6 Å². The zero-order valence-corrected chi connectivity index (χ0v) is 16.0. The van der Waals surface area contributed by atoms with Crippen LogP contribution in [0.5, 0.6) is 0 Å². The number of hydrogen-bond donors (Lipinski definition) is 2. The van der Waals surface area contributed by atoms with E-state index < -0.39 is 0 Å². The van der Waals surface area contributed by atoms with E-state index in [4.69, 9.17) is 0 Å². The van der Waals surface area contributed by atoms with Gasteiger partial charge in [-0.2, -0.15) is 0 Å². The molecule has 0 aliphatic heterocycles. The standard InChI is InChI=1S/C23H25N3O/c1-16-11-17(2)22(18(3)12-16)26-23(27)20-13-21(15-24-14-20)25-10-9-19-7-5-4-6-8-19/h4-8,11-15,25H,9-10H2,1-3H3,(H,26,27). The van der Waals surface area contributed by atoms with Crippen LogP contribution in [0.25, 0.3) is 0 Å². The molecule has 3 rings (SSSR count). The average molecular weight is 359 g/mol. The molecule has 0 saturated carbocycles. The number of aryl methyl sites for hydroxylation is 3. The van der Waals surface area contributed by atoms with Gasteiger partial charge in [0.05, 0.1) is 11.3 Å². The Hall–Kier alpha value is -3.14. The van der Waals surface area contributed by atoms with E-state index in [0.29, 0.717) is 5.56 Å². The van der Waals surface area contributed by atoms with Crippen molar-refractivity contribution < 1.29 is 4.79 Å². The Kier molecular flexibility index (Phi) is 5.87. The lowest BCUT2D eigenvalue weighted by atomic mass is 10.0. The van der Waals surface area contributed by atoms with E-state index in [9.17, 15) is 4.79 Å². The van der Waals surface area contributed by atoms with E-state index in [0.717, 1.165) is 35.5 Å². The Morgan fingerprint density at radius 3 is 2.37 bits per heavy atom. The zero-order chi connectivity index (χ0) is 19.2. The zero-order valence-electron chi connectivity index (χ0n) is 16.0. The fourth-order valence-corrected chi connectivity index (χ4v) is 3.22. The third-order valence-corrected chi connectivity index (χ3v) is 4.50. The van der Waals surface area contributed by atoms with Gasteiger partial charge >= 0.3 is 0 Å². The van der Waals surface area contributed by atoms with E-state index in [1.807, 2.05) is 38.1 Å². The third kappa shape index (κ3) is 4.94. The van der Waals surface area contributed by atoms with Crippen LogP contribution in [0.2, 0.25) is 0 Å². The normalized spacial score (nSPS) is 10.5. The molecule has 4 nitrogen and oxygen atoms in total. The minimum atomic E-state index is -0.149. The average Bonchev–Trinajstić information content (AvgIpc) is 2.65. The van der Waals surface area contributed by atoms with Crippen molar-refractivity contribution in [3.8, 4) is 0 Å². The summed E-state index contributed by atoms with van der Waals surface area (Å²) in [5.41, 5.74) is 6.84. The first-order valence-corrected chi connectivity index (χ1v) is 9.15. The molecule has 0 unspecified atom stereocenters. The minimum absolute atomic E-state index is 0.149. The van der Waals surface area contributed by atoms with Gasteiger partial charge in [0.15, 0.2) is 0 Å². The number of hydrogen-bond acceptors (Lipinski definition) is 3. The molecule has 4 heteroatoms. The van der Waals surface area contributed by atoms with Gasteiger partial charge in [-0.1, -0.05) is 48.0 Å². The maximum atomic E-state index is 12.7. The van der Waals surface area contributed by atoms with Crippen LogP contribution in [-0.2, 0) is 6.42 Å². The predicted molar refractivity (Wildman–Crippen MR) is 111 cm³/mol. The van der Waals surface area contributed by atoms with E-state index in [2.05, 4.69) is 46.8 Å². The van der Waals surface area contributed by atoms with Crippen molar-refractivity contribution in [2.75, 3.05) is 17.2 Å². The number of anilines is 2. The van der Waals surface area contributed by atoms with Crippen molar-refractivity contribution in [2.45, 2.75) is 27.2 Å². The molecule has 138 valence electrons. The molecule has 0 atom stereocenters. The Morgan fingerprint density at radius 2 is 1.67 bits per heavy atom. The number of carbonyl (C=O) groups is 1. The van der Waals surface area contributed by atoms with Crippen molar-refractivity contribution in [3.05, 3.63) is 88.7 Å². The van der Waals surface area contributed by atoms with Gasteiger partial charge in [0.25, 0.3) is 5.91 Å². The molecular weight excluding hydrogens is 334 g/mol. The second kappa shape index (κ2) is 8.49. The molecule has 0 saturated heterocycles. The molecule has 2 aromatic carbocycles. The van der Waals surface area contributed by atoms with Gasteiger partial charge in [-0.3, -0.25) is 9.78 Å². The highest BCUT2D eigenvalue weighted by Crippen LogP contribution is 2.23. The molecule has 1 aromatic heterocycles. The SMILES string of the molecule is Cc1cc(C)c(NC(=O)c2cncc(NCCc3ccccc3)c2)c(C)c1. The van der Waals surface area contributed by atoms with Crippen LogP contribution < -0.4 is 10.6 Å². The van der Waals surface area contributed by atoms with Gasteiger partial charge in [-0.25, -0.2) is 0 Å². The summed E-state index contributed by atoms with van der Waals surface area (Å²) in [6, 6.07) is 16.3. The topological polar surface area (TPSA) is 54.0 Å². The monoisotopic (exact) mass is 359 g/mol. The minimum Gasteiger partial charge on any atom is -0.383 e. The summed E-state index contributed by atoms with van der Waals surface area (Å²) in [5, 5.41) is 6.36. The summed E-state index contributed by atoms with van der Waals surface area (Å²) in [5.74, 6) is -0.149. The third-order valence-electron chi connectivity index (χ3n) is 4.50. The van der Waals surface area contributed by atoms with Crippen LogP contribution >= 0.6 is 0 Å². The van der Waals surface area contributed by atoms with E-state index >= 15 is 0 Å². The van der Waals surface area contributed by atoms with Gasteiger partial charge in [0.2, 0.25) is 0 Å². The van der Waals surface area contributed by atoms with E-state index in [1.165, 1.54) is 11.1 Å². The fraction of sp³-hybridized carbons (Fsp3) is 0.217.